The first-order valence-electron chi connectivity index (χ1n) is 12.7. The molecule has 1 aliphatic heterocycles. The Labute approximate surface area is 224 Å². The van der Waals surface area contributed by atoms with Gasteiger partial charge in [0, 0.05) is 18.3 Å². The molecule has 3 aromatic heterocycles. The number of aryl methyl sites for hydroxylation is 2. The number of hydrazone groups is 1. The second kappa shape index (κ2) is 11.4. The molecule has 0 aliphatic carbocycles. The van der Waals surface area contributed by atoms with Gasteiger partial charge in [0.05, 0.1) is 31.3 Å². The minimum absolute atomic E-state index is 0.0560. The van der Waals surface area contributed by atoms with Crippen LogP contribution < -0.4 is 15.9 Å². The Morgan fingerprint density at radius 3 is 2.72 bits per heavy atom. The Morgan fingerprint density at radius 1 is 1.21 bits per heavy atom. The van der Waals surface area contributed by atoms with Crippen LogP contribution in [-0.4, -0.2) is 72.3 Å². The Balaban J connectivity index is 1.34. The fourth-order valence-electron chi connectivity index (χ4n) is 4.55. The van der Waals surface area contributed by atoms with Gasteiger partial charge in [-0.3, -0.25) is 14.4 Å². The first kappa shape index (κ1) is 26.0. The van der Waals surface area contributed by atoms with Crippen molar-refractivity contribution in [2.45, 2.75) is 46.2 Å². The van der Waals surface area contributed by atoms with E-state index in [4.69, 9.17) is 15.1 Å². The minimum Gasteiger partial charge on any atom is -0.496 e. The quantitative estimate of drug-likeness (QED) is 0.239. The normalized spacial score (nSPS) is 14.2. The number of methoxy groups -OCH3 is 1. The number of nitrogens with two attached hydrogens (primary N) is 1. The summed E-state index contributed by atoms with van der Waals surface area (Å²) >= 11 is 0. The lowest BCUT2D eigenvalue weighted by atomic mass is 10.1. The molecule has 39 heavy (non-hydrogen) atoms. The number of nitrogens with one attached hydrogen (secondary N) is 1. The lowest BCUT2D eigenvalue weighted by molar-refractivity contribution is 0.0947. The van der Waals surface area contributed by atoms with Crippen LogP contribution in [0.25, 0.3) is 5.82 Å². The molecule has 1 fully saturated rings. The fourth-order valence-corrected chi connectivity index (χ4v) is 4.55. The molecule has 0 spiro atoms. The average molecular weight is 534 g/mol. The predicted octanol–water partition coefficient (Wildman–Crippen LogP) is 1.85. The van der Waals surface area contributed by atoms with Gasteiger partial charge in [0.1, 0.15) is 5.75 Å². The maximum atomic E-state index is 13.1. The molecule has 0 bridgehead atoms. The lowest BCUT2D eigenvalue weighted by Gasteiger charge is -2.26. The van der Waals surface area contributed by atoms with Crippen LogP contribution in [0, 0.1) is 13.8 Å². The summed E-state index contributed by atoms with van der Waals surface area (Å²) in [6, 6.07) is 5.66. The maximum absolute atomic E-state index is 13.1. The first-order chi connectivity index (χ1) is 18.9. The molecule has 4 aromatic rings. The molecule has 1 aromatic carbocycles. The Bertz CT molecular complexity index is 1460. The number of carbonyl (C=O) groups is 1. The van der Waals surface area contributed by atoms with Crippen molar-refractivity contribution in [3.8, 4) is 11.6 Å². The Hall–Kier alpha value is -4.59. The molecule has 1 amide bonds. The van der Waals surface area contributed by atoms with Crippen LogP contribution in [0.1, 0.15) is 57.8 Å². The third-order valence-corrected chi connectivity index (χ3v) is 6.70. The number of anilines is 1. The van der Waals surface area contributed by atoms with E-state index in [1.165, 1.54) is 11.1 Å². The van der Waals surface area contributed by atoms with Crippen LogP contribution in [0.2, 0.25) is 0 Å². The van der Waals surface area contributed by atoms with Crippen LogP contribution in [0.5, 0.6) is 5.75 Å². The number of likely N-dealkylation sites (tertiary alicyclic amines) is 1. The molecule has 0 unspecified atom stereocenters. The van der Waals surface area contributed by atoms with Gasteiger partial charge in [-0.2, -0.15) is 14.9 Å². The molecule has 14 nitrogen and oxygen atoms in total. The van der Waals surface area contributed by atoms with Crippen molar-refractivity contribution in [2.24, 2.45) is 5.10 Å². The van der Waals surface area contributed by atoms with Crippen molar-refractivity contribution in [3.05, 3.63) is 58.2 Å². The highest BCUT2D eigenvalue weighted by molar-refractivity contribution is 5.94. The summed E-state index contributed by atoms with van der Waals surface area (Å²) in [4.78, 5) is 15.4. The van der Waals surface area contributed by atoms with E-state index in [2.05, 4.69) is 41.2 Å². The summed E-state index contributed by atoms with van der Waals surface area (Å²) in [6.07, 6.45) is 6.92. The molecule has 1 saturated heterocycles. The summed E-state index contributed by atoms with van der Waals surface area (Å²) < 4.78 is 13.5. The zero-order valence-electron chi connectivity index (χ0n) is 22.2. The fraction of sp³-hybridized carbons (Fsp3) is 0.400. The van der Waals surface area contributed by atoms with Crippen LogP contribution >= 0.6 is 0 Å². The van der Waals surface area contributed by atoms with Crippen LogP contribution in [0.15, 0.2) is 34.1 Å². The standard InChI is InChI=1S/C25H31N11O3/c1-16-13-35(30-17(16)2)14-19-11-18(7-8-21(19)38-3)12-27-29-25(37)22-20(15-34-9-5-4-6-10-34)36(33-28-22)24-23(26)31-39-32-24/h7-8,11-13H,4-6,9-10,14-15H2,1-3H3,(H2,26,31)(H,29,37)/b27-12-. The van der Waals surface area contributed by atoms with Gasteiger partial charge >= 0.3 is 0 Å². The minimum atomic E-state index is -0.504. The number of rotatable bonds is 9. The third kappa shape index (κ3) is 5.80. The van der Waals surface area contributed by atoms with E-state index in [-0.39, 0.29) is 17.3 Å². The predicted molar refractivity (Wildman–Crippen MR) is 142 cm³/mol. The second-order valence-electron chi connectivity index (χ2n) is 9.47. The highest BCUT2D eigenvalue weighted by atomic mass is 16.6. The largest absolute Gasteiger partial charge is 0.496 e. The molecule has 1 aliphatic rings. The molecule has 0 radical (unpaired) electrons. The Morgan fingerprint density at radius 2 is 2.03 bits per heavy atom. The molecule has 0 saturated carbocycles. The van der Waals surface area contributed by atoms with E-state index in [1.807, 2.05) is 42.9 Å². The van der Waals surface area contributed by atoms with Gasteiger partial charge in [0.25, 0.3) is 5.91 Å². The number of nitrogens with zero attached hydrogens (tertiary/aromatic N) is 9. The molecule has 5 rings (SSSR count). The Kier molecular flexibility index (Phi) is 7.63. The summed E-state index contributed by atoms with van der Waals surface area (Å²) in [6.45, 7) is 6.80. The van der Waals surface area contributed by atoms with Gasteiger partial charge in [-0.05, 0) is 79.4 Å². The molecular formula is C25H31N11O3. The number of amides is 1. The van der Waals surface area contributed by atoms with Gasteiger partial charge in [0.2, 0.25) is 11.6 Å². The summed E-state index contributed by atoms with van der Waals surface area (Å²) in [7, 11) is 1.63. The molecule has 204 valence electrons. The number of hydrogen-bond acceptors (Lipinski definition) is 11. The van der Waals surface area contributed by atoms with Gasteiger partial charge < -0.3 is 10.5 Å². The summed E-state index contributed by atoms with van der Waals surface area (Å²) in [5.41, 5.74) is 12.9. The van der Waals surface area contributed by atoms with E-state index in [9.17, 15) is 4.79 Å². The SMILES string of the molecule is COc1ccc(/C=N\NC(=O)c2nnn(-c3nonc3N)c2CN2CCCCC2)cc1Cn1cc(C)c(C)n1. The van der Waals surface area contributed by atoms with Crippen molar-refractivity contribution in [1.29, 1.82) is 0 Å². The van der Waals surface area contributed by atoms with Crippen molar-refractivity contribution in [3.63, 3.8) is 0 Å². The molecule has 0 atom stereocenters. The second-order valence-corrected chi connectivity index (χ2v) is 9.47. The highest BCUT2D eigenvalue weighted by Gasteiger charge is 2.26. The van der Waals surface area contributed by atoms with E-state index >= 15 is 0 Å². The maximum Gasteiger partial charge on any atom is 0.293 e. The van der Waals surface area contributed by atoms with Crippen LogP contribution in [-0.2, 0) is 13.1 Å². The summed E-state index contributed by atoms with van der Waals surface area (Å²) in [5.74, 6) is 0.476. The number of nitrogen functional groups attached to an aromatic ring is 1. The van der Waals surface area contributed by atoms with Crippen LogP contribution in [0.4, 0.5) is 5.82 Å². The smallest absolute Gasteiger partial charge is 0.293 e. The van der Waals surface area contributed by atoms with Gasteiger partial charge in [-0.25, -0.2) is 10.1 Å². The molecule has 3 N–H and O–H groups in total. The topological polar surface area (TPSA) is 167 Å². The average Bonchev–Trinajstić information content (AvgIpc) is 3.63. The van der Waals surface area contributed by atoms with Crippen molar-refractivity contribution >= 4 is 17.9 Å². The monoisotopic (exact) mass is 533 g/mol. The number of aromatic nitrogens is 7. The van der Waals surface area contributed by atoms with E-state index in [0.717, 1.165) is 54.1 Å². The number of ether oxygens (including phenoxy) is 1. The number of carbonyl (C=O) groups excluding carboxylic acids is 1. The van der Waals surface area contributed by atoms with Crippen molar-refractivity contribution in [2.75, 3.05) is 25.9 Å². The zero-order chi connectivity index (χ0) is 27.4. The zero-order valence-corrected chi connectivity index (χ0v) is 22.2. The first-order valence-corrected chi connectivity index (χ1v) is 12.7. The number of piperidine rings is 1. The summed E-state index contributed by atoms with van der Waals surface area (Å²) in [5, 5.41) is 24.4. The van der Waals surface area contributed by atoms with E-state index in [0.29, 0.717) is 18.8 Å². The van der Waals surface area contributed by atoms with E-state index < -0.39 is 5.91 Å². The van der Waals surface area contributed by atoms with Crippen molar-refractivity contribution < 1.29 is 14.2 Å². The number of benzene rings is 1. The van der Waals surface area contributed by atoms with Gasteiger partial charge in [0.15, 0.2) is 5.69 Å². The lowest BCUT2D eigenvalue weighted by Crippen LogP contribution is -2.31. The molecular weight excluding hydrogens is 502 g/mol. The van der Waals surface area contributed by atoms with E-state index in [1.54, 1.807) is 13.3 Å². The third-order valence-electron chi connectivity index (χ3n) is 6.70. The molecule has 4 heterocycles. The highest BCUT2D eigenvalue weighted by Crippen LogP contribution is 2.22. The van der Waals surface area contributed by atoms with Crippen LogP contribution in [0.3, 0.4) is 0 Å². The van der Waals surface area contributed by atoms with Gasteiger partial charge in [-0.15, -0.1) is 5.10 Å². The van der Waals surface area contributed by atoms with Gasteiger partial charge in [-0.1, -0.05) is 11.6 Å². The number of hydrogen-bond donors (Lipinski definition) is 2. The van der Waals surface area contributed by atoms with Crippen molar-refractivity contribution in [1.82, 2.24) is 45.4 Å². The molecule has 14 heteroatoms.